The molecule has 0 saturated heterocycles. The Morgan fingerprint density at radius 3 is 1.31 bits per heavy atom. The molecule has 0 aliphatic carbocycles. The Balaban J connectivity index is 0.000000726. The summed E-state index contributed by atoms with van der Waals surface area (Å²) in [6, 6.07) is 27.8. The van der Waals surface area contributed by atoms with Crippen molar-refractivity contribution in [3.63, 3.8) is 0 Å². The van der Waals surface area contributed by atoms with Crippen LogP contribution in [0.3, 0.4) is 0 Å². The summed E-state index contributed by atoms with van der Waals surface area (Å²) in [5.41, 5.74) is 5.92. The van der Waals surface area contributed by atoms with Crippen molar-refractivity contribution >= 4 is 95.4 Å². The zero-order valence-electron chi connectivity index (χ0n) is 30.3. The molecule has 2 aromatic heterocycles. The first-order chi connectivity index (χ1) is 25.6. The van der Waals surface area contributed by atoms with Gasteiger partial charge in [-0.05, 0) is 65.5 Å². The molecule has 0 saturated carbocycles. The summed E-state index contributed by atoms with van der Waals surface area (Å²) in [6.45, 7) is 0. The summed E-state index contributed by atoms with van der Waals surface area (Å²) in [5.74, 6) is 3.97. The molecular formula is C37H44N4O9S4. The third-order valence-corrected chi connectivity index (χ3v) is 10.2. The lowest BCUT2D eigenvalue weighted by atomic mass is 10.1. The third-order valence-electron chi connectivity index (χ3n) is 6.84. The van der Waals surface area contributed by atoms with Crippen LogP contribution in [0.25, 0.3) is 24.3 Å². The van der Waals surface area contributed by atoms with Crippen LogP contribution in [0.1, 0.15) is 35.4 Å². The van der Waals surface area contributed by atoms with Crippen molar-refractivity contribution in [2.75, 3.05) is 36.4 Å². The first-order valence-electron chi connectivity index (χ1n) is 16.0. The fourth-order valence-corrected chi connectivity index (χ4v) is 5.95. The van der Waals surface area contributed by atoms with Gasteiger partial charge in [-0.25, -0.2) is 17.6 Å². The number of hydrogen-bond acceptors (Lipinski definition) is 11. The fraction of sp³-hybridized carbons (Fsp3) is 0.216. The number of benzene rings is 2. The van der Waals surface area contributed by atoms with E-state index in [1.54, 1.807) is 21.6 Å². The molecular weight excluding hydrogens is 773 g/mol. The zero-order valence-corrected chi connectivity index (χ0v) is 33.6. The van der Waals surface area contributed by atoms with Crippen LogP contribution in [0.15, 0.2) is 97.3 Å². The standard InChI is InChI=1S/C34H34N4O2S2.C2H6O3S.CH4O4S/c1-37-23-5-3-7-31(37)19-13-27-9-15-29(16-10-27)35-33(39)21-25-41-42-26-22-34(40)36-30-17-11-28(12-18-30)14-20-32-8-4-6-24-38(32)2;2*1-5-6(2,3)4/h3-20,23-24H,21-22,25-26H2,1-2H3;2H2,1H3,(H,3,4);1H3,(H,2,3,4). The highest BCUT2D eigenvalue weighted by Crippen LogP contribution is 2.23. The fourth-order valence-electron chi connectivity index (χ4n) is 3.97. The van der Waals surface area contributed by atoms with Crippen molar-refractivity contribution in [2.45, 2.75) is 12.8 Å². The quantitative estimate of drug-likeness (QED) is 0.0416. The molecule has 54 heavy (non-hydrogen) atoms. The van der Waals surface area contributed by atoms with E-state index >= 15 is 0 Å². The molecule has 4 aromatic rings. The second kappa shape index (κ2) is 24.2. The molecule has 290 valence electrons. The number of nitrogens with zero attached hydrogens (tertiary/aromatic N) is 2. The third kappa shape index (κ3) is 20.8. The van der Waals surface area contributed by atoms with E-state index in [1.165, 1.54) is 0 Å². The van der Waals surface area contributed by atoms with Crippen LogP contribution in [0.4, 0.5) is 11.4 Å². The molecule has 1 unspecified atom stereocenters. The summed E-state index contributed by atoms with van der Waals surface area (Å²) in [7, 11) is 1.29. The molecule has 17 heteroatoms. The largest absolute Gasteiger partial charge is 0.757 e. The first kappa shape index (κ1) is 45.8. The second-order valence-corrected chi connectivity index (χ2v) is 16.2. The number of carbonyl (C=O) groups is 2. The zero-order chi connectivity index (χ0) is 40.0. The maximum Gasteiger partial charge on any atom is 0.225 e. The summed E-state index contributed by atoms with van der Waals surface area (Å²) in [6.07, 6.45) is 13.1. The van der Waals surface area contributed by atoms with Gasteiger partial charge in [0.15, 0.2) is 12.4 Å². The smallest absolute Gasteiger partial charge is 0.225 e. The topological polar surface area (TPSA) is 182 Å². The number of aromatic nitrogens is 2. The molecule has 1 atom stereocenters. The van der Waals surface area contributed by atoms with Crippen molar-refractivity contribution in [1.82, 2.24) is 0 Å². The monoisotopic (exact) mass is 816 g/mol. The number of aryl methyl sites for hydroxylation is 2. The molecule has 2 heterocycles. The van der Waals surface area contributed by atoms with Crippen LogP contribution in [-0.4, -0.2) is 65.1 Å². The molecule has 2 N–H and O–H groups in total. The summed E-state index contributed by atoms with van der Waals surface area (Å²) < 4.78 is 58.3. The van der Waals surface area contributed by atoms with Gasteiger partial charge >= 0.3 is 0 Å². The highest BCUT2D eigenvalue weighted by atomic mass is 33.1. The van der Waals surface area contributed by atoms with E-state index in [2.05, 4.69) is 70.4 Å². The lowest BCUT2D eigenvalue weighted by Gasteiger charge is -2.06. The number of carbonyl (C=O) groups excluding carboxylic acids is 2. The number of pyridine rings is 2. The van der Waals surface area contributed by atoms with Crippen molar-refractivity contribution in [2.24, 2.45) is 14.1 Å². The van der Waals surface area contributed by atoms with Gasteiger partial charge in [-0.2, -0.15) is 0 Å². The molecule has 0 radical (unpaired) electrons. The highest BCUT2D eigenvalue weighted by Gasteiger charge is 2.06. The van der Waals surface area contributed by atoms with Gasteiger partial charge in [0.1, 0.15) is 14.1 Å². The Morgan fingerprint density at radius 1 is 0.667 bits per heavy atom. The molecule has 0 aliphatic rings. The Bertz CT molecular complexity index is 1910. The molecule has 13 nitrogen and oxygen atoms in total. The number of hydrogen-bond donors (Lipinski definition) is 2. The lowest BCUT2D eigenvalue weighted by molar-refractivity contribution is -0.673. The minimum Gasteiger partial charge on any atom is -0.757 e. The normalized spacial score (nSPS) is 12.2. The van der Waals surface area contributed by atoms with Crippen molar-refractivity contribution < 1.29 is 48.8 Å². The van der Waals surface area contributed by atoms with Crippen LogP contribution in [-0.2, 0) is 52.5 Å². The molecule has 0 aliphatic heterocycles. The number of rotatable bonds is 15. The number of nitrogens with one attached hydrogen (secondary N) is 2. The maximum absolute atomic E-state index is 12.3. The summed E-state index contributed by atoms with van der Waals surface area (Å²) in [5, 5.41) is 5.90. The van der Waals surface area contributed by atoms with Gasteiger partial charge in [-0.15, -0.1) is 0 Å². The van der Waals surface area contributed by atoms with E-state index in [0.29, 0.717) is 24.3 Å². The summed E-state index contributed by atoms with van der Waals surface area (Å²) in [4.78, 5) is 24.6. The first-order valence-corrected chi connectivity index (χ1v) is 21.4. The molecule has 2 aromatic carbocycles. The Kier molecular flexibility index (Phi) is 20.5. The van der Waals surface area contributed by atoms with Crippen LogP contribution < -0.4 is 19.8 Å². The van der Waals surface area contributed by atoms with E-state index in [1.807, 2.05) is 99.3 Å². The number of amides is 2. The average molecular weight is 817 g/mol. The van der Waals surface area contributed by atoms with Gasteiger partial charge in [0.2, 0.25) is 33.6 Å². The highest BCUT2D eigenvalue weighted by molar-refractivity contribution is 8.76. The van der Waals surface area contributed by atoms with Gasteiger partial charge in [-0.1, -0.05) is 45.9 Å². The predicted molar refractivity (Wildman–Crippen MR) is 217 cm³/mol. The van der Waals surface area contributed by atoms with Gasteiger partial charge in [0, 0.05) is 82.2 Å². The molecule has 2 amide bonds. The second-order valence-electron chi connectivity index (χ2n) is 10.9. The Morgan fingerprint density at radius 2 is 1.02 bits per heavy atom. The average Bonchev–Trinajstić information content (AvgIpc) is 3.13. The van der Waals surface area contributed by atoms with Crippen LogP contribution in [0.2, 0.25) is 0 Å². The Labute approximate surface area is 325 Å². The van der Waals surface area contributed by atoms with Crippen LogP contribution >= 0.6 is 21.6 Å². The van der Waals surface area contributed by atoms with E-state index in [-0.39, 0.29) is 11.8 Å². The summed E-state index contributed by atoms with van der Waals surface area (Å²) >= 11 is 0. The van der Waals surface area contributed by atoms with Gasteiger partial charge < -0.3 is 23.9 Å². The van der Waals surface area contributed by atoms with Gasteiger partial charge in [0.05, 0.1) is 14.2 Å². The number of anilines is 2. The van der Waals surface area contributed by atoms with Crippen molar-refractivity contribution in [3.05, 3.63) is 120 Å². The molecule has 0 spiro atoms. The van der Waals surface area contributed by atoms with Crippen molar-refractivity contribution in [1.29, 1.82) is 0 Å². The predicted octanol–water partition coefficient (Wildman–Crippen LogP) is 4.90. The van der Waals surface area contributed by atoms with Crippen LogP contribution in [0.5, 0.6) is 0 Å². The van der Waals surface area contributed by atoms with Crippen LogP contribution in [0, 0.1) is 0 Å². The molecule has 0 fully saturated rings. The van der Waals surface area contributed by atoms with E-state index in [4.69, 9.17) is 0 Å². The van der Waals surface area contributed by atoms with E-state index < -0.39 is 20.5 Å². The Hall–Kier alpha value is -4.33. The minimum atomic E-state index is -4.41. The van der Waals surface area contributed by atoms with E-state index in [9.17, 15) is 31.3 Å². The maximum atomic E-state index is 12.3. The van der Waals surface area contributed by atoms with Gasteiger partial charge in [0.25, 0.3) is 0 Å². The van der Waals surface area contributed by atoms with Gasteiger partial charge in [-0.3, -0.25) is 18.0 Å². The minimum absolute atomic E-state index is 0.0172. The lowest BCUT2D eigenvalue weighted by Crippen LogP contribution is -2.30. The molecule has 0 bridgehead atoms. The van der Waals surface area contributed by atoms with Crippen molar-refractivity contribution in [3.8, 4) is 0 Å². The van der Waals surface area contributed by atoms with E-state index in [0.717, 1.165) is 48.1 Å². The molecule has 4 rings (SSSR count). The SMILES string of the molecule is C=S(=O)([O-])OC.COS(=O)(=O)[O-].C[n+]1ccccc1/C=C/c1ccc(NC(=O)CCSSCCC(=O)Nc2ccc(/C=C/c3cccc[n+]3C)cc2)cc1.